The molecule has 5 rings (SSSR count). The summed E-state index contributed by atoms with van der Waals surface area (Å²) in [6, 6.07) is 19.4. The summed E-state index contributed by atoms with van der Waals surface area (Å²) in [5.41, 5.74) is 2.46. The van der Waals surface area contributed by atoms with Gasteiger partial charge < -0.3 is 9.64 Å². The molecule has 0 aliphatic carbocycles. The van der Waals surface area contributed by atoms with Crippen LogP contribution in [0.25, 0.3) is 27.1 Å². The van der Waals surface area contributed by atoms with Crippen LogP contribution < -0.4 is 14.2 Å². The molecule has 2 aromatic heterocycles. The number of ether oxygens (including phenoxy) is 1. The first-order valence-corrected chi connectivity index (χ1v) is 11.6. The second-order valence-corrected chi connectivity index (χ2v) is 9.05. The van der Waals surface area contributed by atoms with Crippen molar-refractivity contribution in [3.63, 3.8) is 0 Å². The van der Waals surface area contributed by atoms with Gasteiger partial charge in [0.15, 0.2) is 0 Å². The van der Waals surface area contributed by atoms with Gasteiger partial charge in [-0.05, 0) is 38.1 Å². The number of nitrogens with zero attached hydrogens (tertiary/aromatic N) is 2. The quantitative estimate of drug-likeness (QED) is 0.361. The predicted molar refractivity (Wildman–Crippen MR) is 125 cm³/mol. The fourth-order valence-corrected chi connectivity index (χ4v) is 6.75. The maximum absolute atomic E-state index is 5.39. The van der Waals surface area contributed by atoms with Crippen LogP contribution in [-0.2, 0) is 6.54 Å². The highest BCUT2D eigenvalue weighted by molar-refractivity contribution is 8.04. The van der Waals surface area contributed by atoms with E-state index in [-0.39, 0.29) is 0 Å². The minimum absolute atomic E-state index is 0.895. The summed E-state index contributed by atoms with van der Waals surface area (Å²) < 4.78 is 9.14. The van der Waals surface area contributed by atoms with E-state index in [0.717, 1.165) is 18.8 Å². The Morgan fingerprint density at radius 2 is 1.93 bits per heavy atom. The van der Waals surface area contributed by atoms with Gasteiger partial charge in [-0.25, -0.2) is 0 Å². The molecule has 3 nitrogen and oxygen atoms in total. The zero-order valence-electron chi connectivity index (χ0n) is 16.8. The van der Waals surface area contributed by atoms with Gasteiger partial charge in [0.25, 0.3) is 0 Å². The Balaban J connectivity index is 1.61. The molecule has 146 valence electrons. The number of hydrogen-bond donors (Lipinski definition) is 0. The molecule has 4 aromatic rings. The van der Waals surface area contributed by atoms with Crippen LogP contribution in [0.5, 0.6) is 5.75 Å². The summed E-state index contributed by atoms with van der Waals surface area (Å²) in [5, 5.41) is 5.24. The molecule has 29 heavy (non-hydrogen) atoms. The van der Waals surface area contributed by atoms with Gasteiger partial charge in [0.2, 0.25) is 11.2 Å². The van der Waals surface area contributed by atoms with Crippen molar-refractivity contribution in [1.82, 2.24) is 0 Å². The number of pyridine rings is 1. The molecular formula is C24H23N2OS2+. The van der Waals surface area contributed by atoms with E-state index in [1.807, 2.05) is 29.2 Å². The van der Waals surface area contributed by atoms with Crippen LogP contribution in [0.3, 0.4) is 0 Å². The third-order valence-corrected chi connectivity index (χ3v) is 7.91. The number of thiophene rings is 1. The van der Waals surface area contributed by atoms with Crippen molar-refractivity contribution in [2.75, 3.05) is 18.6 Å². The third-order valence-electron chi connectivity index (χ3n) is 5.43. The van der Waals surface area contributed by atoms with E-state index < -0.39 is 0 Å². The van der Waals surface area contributed by atoms with E-state index in [1.54, 1.807) is 7.11 Å². The highest BCUT2D eigenvalue weighted by Crippen LogP contribution is 2.54. The van der Waals surface area contributed by atoms with Crippen LogP contribution in [0.4, 0.5) is 5.00 Å². The molecule has 0 bridgehead atoms. The van der Waals surface area contributed by atoms with Crippen LogP contribution in [0.1, 0.15) is 19.5 Å². The van der Waals surface area contributed by atoms with Gasteiger partial charge in [-0.1, -0.05) is 30.0 Å². The largest absolute Gasteiger partial charge is 0.497 e. The number of methoxy groups -OCH3 is 1. The molecule has 0 spiro atoms. The van der Waals surface area contributed by atoms with E-state index >= 15 is 0 Å². The van der Waals surface area contributed by atoms with Crippen LogP contribution in [0.2, 0.25) is 0 Å². The lowest BCUT2D eigenvalue weighted by Gasteiger charge is -2.16. The molecule has 0 saturated heterocycles. The lowest BCUT2D eigenvalue weighted by atomic mass is 10.1. The van der Waals surface area contributed by atoms with E-state index in [4.69, 9.17) is 4.74 Å². The van der Waals surface area contributed by atoms with Crippen LogP contribution in [-0.4, -0.2) is 13.7 Å². The van der Waals surface area contributed by atoms with Crippen molar-refractivity contribution >= 4 is 55.2 Å². The predicted octanol–water partition coefficient (Wildman–Crippen LogP) is 6.30. The van der Waals surface area contributed by atoms with Crippen LogP contribution in [0.15, 0.2) is 64.5 Å². The average Bonchev–Trinajstić information content (AvgIpc) is 3.28. The van der Waals surface area contributed by atoms with Gasteiger partial charge in [-0.15, -0.1) is 11.3 Å². The molecule has 2 aromatic carbocycles. The molecule has 0 atom stereocenters. The maximum atomic E-state index is 5.39. The van der Waals surface area contributed by atoms with Crippen molar-refractivity contribution in [3.05, 3.63) is 65.3 Å². The van der Waals surface area contributed by atoms with E-state index in [9.17, 15) is 0 Å². The van der Waals surface area contributed by atoms with Crippen LogP contribution >= 0.6 is 23.1 Å². The first kappa shape index (κ1) is 18.5. The minimum Gasteiger partial charge on any atom is -0.497 e. The molecule has 5 heteroatoms. The Hall–Kier alpha value is -2.50. The van der Waals surface area contributed by atoms with Gasteiger partial charge in [0.1, 0.15) is 17.3 Å². The molecule has 0 saturated carbocycles. The summed E-state index contributed by atoms with van der Waals surface area (Å²) in [5.74, 6) is 0.895. The third kappa shape index (κ3) is 3.00. The standard InChI is InChI=1S/C24H23N2OS2/c1-4-25-17(11-10-16-14-18(27-3)12-13-20(16)25)15-22-26(5-2)24-23(29-22)19-8-6-7-9-21(19)28-24/h6-15H,4-5H2,1-3H3/q+1. The Labute approximate surface area is 179 Å². The summed E-state index contributed by atoms with van der Waals surface area (Å²) >= 11 is 3.79. The van der Waals surface area contributed by atoms with Crippen molar-refractivity contribution in [3.8, 4) is 5.75 Å². The fraction of sp³-hybridized carbons (Fsp3) is 0.208. The molecule has 0 N–H and O–H groups in total. The molecule has 0 radical (unpaired) electrons. The zero-order chi connectivity index (χ0) is 20.0. The first-order valence-electron chi connectivity index (χ1n) is 9.92. The number of hydrogen-bond acceptors (Lipinski definition) is 4. The van der Waals surface area contributed by atoms with Gasteiger partial charge in [0, 0.05) is 34.8 Å². The van der Waals surface area contributed by atoms with E-state index in [0.29, 0.717) is 0 Å². The molecule has 0 fully saturated rings. The highest BCUT2D eigenvalue weighted by atomic mass is 32.2. The Kier molecular flexibility index (Phi) is 4.72. The number of aromatic nitrogens is 1. The second-order valence-electron chi connectivity index (χ2n) is 6.99. The SMILES string of the molecule is CCN1C(=Cc2ccc3cc(OC)ccc3[n+]2CC)Sc2c1sc1ccccc21. The average molecular weight is 420 g/mol. The monoisotopic (exact) mass is 419 g/mol. The Bertz CT molecular complexity index is 1260. The normalized spacial score (nSPS) is 14.9. The van der Waals surface area contributed by atoms with Crippen molar-refractivity contribution < 1.29 is 9.30 Å². The van der Waals surface area contributed by atoms with Gasteiger partial charge in [0.05, 0.1) is 22.4 Å². The number of benzene rings is 2. The smallest absolute Gasteiger partial charge is 0.213 e. The number of rotatable bonds is 4. The minimum atomic E-state index is 0.895. The van der Waals surface area contributed by atoms with Crippen LogP contribution in [0, 0.1) is 0 Å². The molecule has 1 aliphatic rings. The zero-order valence-corrected chi connectivity index (χ0v) is 18.4. The van der Waals surface area contributed by atoms with Crippen molar-refractivity contribution in [1.29, 1.82) is 0 Å². The van der Waals surface area contributed by atoms with Gasteiger partial charge >= 0.3 is 0 Å². The molecule has 1 aliphatic heterocycles. The number of aryl methyl sites for hydroxylation is 1. The van der Waals surface area contributed by atoms with Crippen molar-refractivity contribution in [2.45, 2.75) is 25.3 Å². The van der Waals surface area contributed by atoms with E-state index in [2.05, 4.69) is 77.9 Å². The Morgan fingerprint density at radius 3 is 2.72 bits per heavy atom. The Morgan fingerprint density at radius 1 is 1.07 bits per heavy atom. The van der Waals surface area contributed by atoms with Gasteiger partial charge in [-0.3, -0.25) is 0 Å². The summed E-state index contributed by atoms with van der Waals surface area (Å²) in [6.07, 6.45) is 2.34. The van der Waals surface area contributed by atoms with Gasteiger partial charge in [-0.2, -0.15) is 4.57 Å². The summed E-state index contributed by atoms with van der Waals surface area (Å²) in [4.78, 5) is 3.84. The fourth-order valence-electron chi connectivity index (χ4n) is 4.00. The summed E-state index contributed by atoms with van der Waals surface area (Å²) in [7, 11) is 1.72. The molecule has 0 amide bonds. The van der Waals surface area contributed by atoms with E-state index in [1.165, 1.54) is 41.6 Å². The summed E-state index contributed by atoms with van der Waals surface area (Å²) in [6.45, 7) is 6.32. The lowest BCUT2D eigenvalue weighted by molar-refractivity contribution is -0.669. The highest BCUT2D eigenvalue weighted by Gasteiger charge is 2.29. The number of thioether (sulfide) groups is 1. The molecule has 0 unspecified atom stereocenters. The first-order chi connectivity index (χ1) is 14.2. The maximum Gasteiger partial charge on any atom is 0.213 e. The number of fused-ring (bicyclic) bond motifs is 4. The molecular weight excluding hydrogens is 396 g/mol. The lowest BCUT2D eigenvalue weighted by Crippen LogP contribution is -2.37. The molecule has 3 heterocycles. The second kappa shape index (κ2) is 7.39. The topological polar surface area (TPSA) is 16.4 Å². The van der Waals surface area contributed by atoms with Crippen molar-refractivity contribution in [2.24, 2.45) is 0 Å². The number of anilines is 1.